The van der Waals surface area contributed by atoms with Crippen LogP contribution in [-0.4, -0.2) is 76.4 Å². The first kappa shape index (κ1) is 29.8. The standard InChI is InChI=1S/C7H5Br2NO3.3C2H5NO2/c8-4-1-3(2-10-13)6(11)5(9)7(4)12;3*1-3-2(4)5/h1-2,11-13H;3*3H,1H3,(H,4,5). The summed E-state index contributed by atoms with van der Waals surface area (Å²) in [6.45, 7) is 0. The van der Waals surface area contributed by atoms with Gasteiger partial charge in [0, 0.05) is 26.7 Å². The van der Waals surface area contributed by atoms with Crippen molar-refractivity contribution in [3.8, 4) is 11.5 Å². The molecule has 28 heavy (non-hydrogen) atoms. The topological polar surface area (TPSA) is 221 Å². The Hall–Kier alpha value is -2.94. The molecule has 0 spiro atoms. The Morgan fingerprint density at radius 1 is 0.893 bits per heavy atom. The van der Waals surface area contributed by atoms with Crippen LogP contribution in [0.1, 0.15) is 5.56 Å². The van der Waals surface area contributed by atoms with E-state index in [0.717, 1.165) is 6.21 Å². The van der Waals surface area contributed by atoms with Gasteiger partial charge in [0.05, 0.1) is 10.7 Å². The number of oxime groups is 1. The molecule has 0 aliphatic heterocycles. The first-order valence-electron chi connectivity index (χ1n) is 6.68. The van der Waals surface area contributed by atoms with Gasteiger partial charge in [-0.3, -0.25) is 0 Å². The maximum Gasteiger partial charge on any atom is 0.404 e. The number of carbonyl (C=O) groups is 3. The molecule has 0 aliphatic rings. The van der Waals surface area contributed by atoms with Crippen LogP contribution in [0.25, 0.3) is 0 Å². The Morgan fingerprint density at radius 3 is 1.46 bits per heavy atom. The van der Waals surface area contributed by atoms with E-state index in [2.05, 4.69) is 37.0 Å². The van der Waals surface area contributed by atoms with Gasteiger partial charge in [0.25, 0.3) is 0 Å². The molecule has 1 rings (SSSR count). The lowest BCUT2D eigenvalue weighted by atomic mass is 10.2. The van der Waals surface area contributed by atoms with E-state index in [9.17, 15) is 24.6 Å². The van der Waals surface area contributed by atoms with Crippen molar-refractivity contribution in [2.75, 3.05) is 21.1 Å². The van der Waals surface area contributed by atoms with Crippen LogP contribution in [0.2, 0.25) is 0 Å². The third kappa shape index (κ3) is 16.5. The molecule has 3 amide bonds. The van der Waals surface area contributed by atoms with Gasteiger partial charge in [0.2, 0.25) is 0 Å². The average molecular weight is 536 g/mol. The SMILES string of the molecule is CNC(=O)O.CNC(=O)O.CNC(=O)O.ON=Cc1cc(Br)c(O)c(Br)c1O. The molecule has 0 saturated carbocycles. The van der Waals surface area contributed by atoms with Crippen molar-refractivity contribution >= 4 is 56.4 Å². The number of hydrogen-bond donors (Lipinski definition) is 9. The predicted octanol–water partition coefficient (Wildman–Crippen LogP) is 2.08. The molecule has 9 N–H and O–H groups in total. The number of nitrogens with zero attached hydrogens (tertiary/aromatic N) is 1. The molecule has 1 aromatic carbocycles. The minimum atomic E-state index is -0.995. The number of benzene rings is 1. The van der Waals surface area contributed by atoms with Crippen LogP contribution in [0.3, 0.4) is 0 Å². The van der Waals surface area contributed by atoms with Crippen LogP contribution >= 0.6 is 31.9 Å². The fraction of sp³-hybridized carbons (Fsp3) is 0.231. The number of amides is 3. The summed E-state index contributed by atoms with van der Waals surface area (Å²) >= 11 is 6.04. The summed E-state index contributed by atoms with van der Waals surface area (Å²) in [5, 5.41) is 58.4. The number of carboxylic acid groups (broad SMARTS) is 3. The fourth-order valence-corrected chi connectivity index (χ4v) is 1.93. The summed E-state index contributed by atoms with van der Waals surface area (Å²) in [5.41, 5.74) is 0.291. The zero-order valence-electron chi connectivity index (χ0n) is 14.8. The maximum absolute atomic E-state index is 9.40. The van der Waals surface area contributed by atoms with E-state index in [4.69, 9.17) is 20.5 Å². The maximum atomic E-state index is 9.40. The summed E-state index contributed by atoms with van der Waals surface area (Å²) in [7, 11) is 4.05. The summed E-state index contributed by atoms with van der Waals surface area (Å²) in [6, 6.07) is 1.43. The molecule has 15 heteroatoms. The number of halogens is 2. The largest absolute Gasteiger partial charge is 0.506 e. The van der Waals surface area contributed by atoms with Crippen LogP contribution in [0.15, 0.2) is 20.2 Å². The van der Waals surface area contributed by atoms with Crippen molar-refractivity contribution in [3.63, 3.8) is 0 Å². The zero-order valence-corrected chi connectivity index (χ0v) is 17.9. The predicted molar refractivity (Wildman–Crippen MR) is 106 cm³/mol. The molecule has 1 aromatic rings. The highest BCUT2D eigenvalue weighted by atomic mass is 79.9. The zero-order chi connectivity index (χ0) is 22.9. The van der Waals surface area contributed by atoms with E-state index in [-0.39, 0.29) is 16.0 Å². The quantitative estimate of drug-likeness (QED) is 0.145. The Kier molecular flexibility index (Phi) is 18.6. The van der Waals surface area contributed by atoms with Crippen molar-refractivity contribution in [3.05, 3.63) is 20.6 Å². The highest BCUT2D eigenvalue weighted by molar-refractivity contribution is 9.11. The number of rotatable bonds is 1. The number of nitrogens with one attached hydrogen (secondary N) is 3. The molecular weight excluding hydrogens is 516 g/mol. The highest BCUT2D eigenvalue weighted by Gasteiger charge is 2.12. The first-order valence-corrected chi connectivity index (χ1v) is 8.27. The molecule has 0 radical (unpaired) electrons. The van der Waals surface area contributed by atoms with E-state index in [1.54, 1.807) is 0 Å². The second-order valence-corrected chi connectivity index (χ2v) is 5.52. The lowest BCUT2D eigenvalue weighted by Crippen LogP contribution is -2.13. The van der Waals surface area contributed by atoms with Crippen molar-refractivity contribution in [2.24, 2.45) is 5.16 Å². The molecule has 0 aromatic heterocycles. The molecule has 0 saturated heterocycles. The van der Waals surface area contributed by atoms with Gasteiger partial charge in [-0.1, -0.05) is 5.16 Å². The van der Waals surface area contributed by atoms with Gasteiger partial charge in [-0.15, -0.1) is 0 Å². The van der Waals surface area contributed by atoms with Gasteiger partial charge in [-0.2, -0.15) is 0 Å². The summed E-state index contributed by atoms with van der Waals surface area (Å²) in [6.07, 6.45) is -1.93. The third-order valence-corrected chi connectivity index (χ3v) is 3.39. The summed E-state index contributed by atoms with van der Waals surface area (Å²) < 4.78 is 0.545. The molecule has 0 aliphatic carbocycles. The van der Waals surface area contributed by atoms with E-state index in [1.807, 2.05) is 16.0 Å². The second kappa shape index (κ2) is 17.5. The molecule has 0 fully saturated rings. The van der Waals surface area contributed by atoms with Gasteiger partial charge in [0.15, 0.2) is 0 Å². The average Bonchev–Trinajstić information content (AvgIpc) is 2.65. The van der Waals surface area contributed by atoms with Gasteiger partial charge in [-0.05, 0) is 37.9 Å². The normalized spacial score (nSPS) is 8.61. The Morgan fingerprint density at radius 2 is 1.21 bits per heavy atom. The van der Waals surface area contributed by atoms with Gasteiger partial charge >= 0.3 is 18.3 Å². The smallest absolute Gasteiger partial charge is 0.404 e. The summed E-state index contributed by atoms with van der Waals surface area (Å²) in [4.78, 5) is 27.8. The van der Waals surface area contributed by atoms with Crippen molar-refractivity contribution < 1.29 is 45.1 Å². The highest BCUT2D eigenvalue weighted by Crippen LogP contribution is 2.40. The van der Waals surface area contributed by atoms with E-state index >= 15 is 0 Å². The minimum Gasteiger partial charge on any atom is -0.506 e. The number of phenolic OH excluding ortho intramolecular Hbond substituents is 2. The van der Waals surface area contributed by atoms with Crippen LogP contribution in [0.4, 0.5) is 14.4 Å². The molecular formula is C13H20Br2N4O9. The summed E-state index contributed by atoms with van der Waals surface area (Å²) in [5.74, 6) is -0.286. The van der Waals surface area contributed by atoms with Crippen LogP contribution in [-0.2, 0) is 0 Å². The minimum absolute atomic E-state index is 0.104. The lowest BCUT2D eigenvalue weighted by Gasteiger charge is -2.05. The van der Waals surface area contributed by atoms with Crippen LogP contribution in [0.5, 0.6) is 11.5 Å². The van der Waals surface area contributed by atoms with E-state index in [0.29, 0.717) is 10.0 Å². The monoisotopic (exact) mass is 534 g/mol. The number of phenols is 2. The van der Waals surface area contributed by atoms with Crippen LogP contribution in [0, 0.1) is 0 Å². The van der Waals surface area contributed by atoms with Crippen molar-refractivity contribution in [1.29, 1.82) is 0 Å². The Balaban J connectivity index is -0.000000347. The molecule has 0 atom stereocenters. The van der Waals surface area contributed by atoms with Gasteiger partial charge in [0.1, 0.15) is 16.0 Å². The lowest BCUT2D eigenvalue weighted by molar-refractivity contribution is 0.196. The molecule has 0 unspecified atom stereocenters. The van der Waals surface area contributed by atoms with Crippen molar-refractivity contribution in [1.82, 2.24) is 16.0 Å². The number of aromatic hydroxyl groups is 2. The molecule has 160 valence electrons. The van der Waals surface area contributed by atoms with E-state index < -0.39 is 18.3 Å². The molecule has 0 bridgehead atoms. The Labute approximate surface area is 175 Å². The number of hydrogen-bond acceptors (Lipinski definition) is 7. The van der Waals surface area contributed by atoms with E-state index in [1.165, 1.54) is 27.2 Å². The van der Waals surface area contributed by atoms with Crippen molar-refractivity contribution in [2.45, 2.75) is 0 Å². The molecule has 13 nitrogen and oxygen atoms in total. The van der Waals surface area contributed by atoms with Crippen LogP contribution < -0.4 is 16.0 Å². The Bertz CT molecular complexity index is 639. The third-order valence-electron chi connectivity index (χ3n) is 2.04. The fourth-order valence-electron chi connectivity index (χ4n) is 0.778. The second-order valence-electron chi connectivity index (χ2n) is 3.87. The first-order chi connectivity index (χ1) is 12.9. The van der Waals surface area contributed by atoms with Gasteiger partial charge in [-0.25, -0.2) is 14.4 Å². The van der Waals surface area contributed by atoms with Gasteiger partial charge < -0.3 is 46.7 Å². The molecule has 0 heterocycles.